The molecule has 0 radical (unpaired) electrons. The number of allylic oxidation sites excluding steroid dienone is 1. The maximum atomic E-state index is 12.9. The number of carbonyl (C=O) groups is 1. The predicted octanol–water partition coefficient (Wildman–Crippen LogP) is 4.08. The summed E-state index contributed by atoms with van der Waals surface area (Å²) in [5, 5.41) is 1.11. The van der Waals surface area contributed by atoms with Gasteiger partial charge >= 0.3 is 0 Å². The van der Waals surface area contributed by atoms with Gasteiger partial charge in [0.25, 0.3) is 0 Å². The molecule has 2 heterocycles. The molecule has 0 aliphatic carbocycles. The third-order valence-corrected chi connectivity index (χ3v) is 5.25. The predicted molar refractivity (Wildman–Crippen MR) is 115 cm³/mol. The smallest absolute Gasteiger partial charge is 0.223 e. The number of carbonyl (C=O) groups excluding carboxylic acids is 1. The van der Waals surface area contributed by atoms with Gasteiger partial charge < -0.3 is 14.5 Å². The summed E-state index contributed by atoms with van der Waals surface area (Å²) in [6.45, 7) is 7.79. The first kappa shape index (κ1) is 20.3. The molecule has 1 atom stereocenters. The Hall–Kier alpha value is -2.40. The van der Waals surface area contributed by atoms with E-state index in [1.807, 2.05) is 23.9 Å². The van der Waals surface area contributed by atoms with Gasteiger partial charge in [-0.2, -0.15) is 0 Å². The van der Waals surface area contributed by atoms with Crippen molar-refractivity contribution >= 4 is 22.6 Å². The van der Waals surface area contributed by atoms with E-state index >= 15 is 0 Å². The van der Waals surface area contributed by atoms with E-state index in [0.29, 0.717) is 25.9 Å². The molecule has 1 saturated heterocycles. The van der Waals surface area contributed by atoms with Crippen LogP contribution in [0.1, 0.15) is 36.8 Å². The third-order valence-electron chi connectivity index (χ3n) is 5.25. The van der Waals surface area contributed by atoms with Crippen molar-refractivity contribution in [2.45, 2.75) is 45.3 Å². The molecule has 1 fully saturated rings. The normalized spacial score (nSPS) is 16.3. The van der Waals surface area contributed by atoms with Crippen LogP contribution in [0.5, 0.6) is 0 Å². The molecule has 1 aliphatic heterocycles. The van der Waals surface area contributed by atoms with Crippen molar-refractivity contribution in [1.82, 2.24) is 9.88 Å². The third kappa shape index (κ3) is 4.71. The molecule has 1 amide bonds. The quantitative estimate of drug-likeness (QED) is 0.646. The molecule has 0 bridgehead atoms. The number of fused-ring (bicyclic) bond motifs is 1. The summed E-state index contributed by atoms with van der Waals surface area (Å²) < 4.78 is 5.80. The van der Waals surface area contributed by atoms with Gasteiger partial charge in [-0.3, -0.25) is 4.79 Å². The first-order valence-corrected chi connectivity index (χ1v) is 10.1. The zero-order chi connectivity index (χ0) is 20.1. The standard InChI is InChI=1S/C23H31N3O2/c1-5-6-12-21(27)26(16-20-11-8-13-28-20)15-19-14-18-10-7-9-17(2)22(18)24-23(19)25(3)4/h5,7,9-10,14,20H,1,6,8,11-13,15-16H2,2-4H3. The van der Waals surface area contributed by atoms with Crippen LogP contribution in [0.3, 0.4) is 0 Å². The zero-order valence-electron chi connectivity index (χ0n) is 17.3. The minimum absolute atomic E-state index is 0.131. The van der Waals surface area contributed by atoms with E-state index in [2.05, 4.69) is 37.8 Å². The van der Waals surface area contributed by atoms with E-state index in [9.17, 15) is 4.79 Å². The van der Waals surface area contributed by atoms with E-state index in [1.54, 1.807) is 6.08 Å². The molecule has 1 aromatic heterocycles. The number of rotatable bonds is 8. The molecule has 1 aromatic carbocycles. The molecule has 1 aliphatic rings. The second kappa shape index (κ2) is 9.20. The van der Waals surface area contributed by atoms with Crippen LogP contribution in [0.15, 0.2) is 36.9 Å². The minimum atomic E-state index is 0.131. The molecular weight excluding hydrogens is 350 g/mol. The van der Waals surface area contributed by atoms with Crippen molar-refractivity contribution in [2.75, 3.05) is 32.1 Å². The van der Waals surface area contributed by atoms with Crippen molar-refractivity contribution in [3.63, 3.8) is 0 Å². The largest absolute Gasteiger partial charge is 0.376 e. The Labute approximate surface area is 168 Å². The first-order chi connectivity index (χ1) is 13.5. The molecule has 0 saturated carbocycles. The number of aryl methyl sites for hydroxylation is 1. The van der Waals surface area contributed by atoms with Gasteiger partial charge in [0.05, 0.1) is 11.6 Å². The highest BCUT2D eigenvalue weighted by Crippen LogP contribution is 2.26. The zero-order valence-corrected chi connectivity index (χ0v) is 17.3. The Bertz CT molecular complexity index is 841. The number of hydrogen-bond donors (Lipinski definition) is 0. The van der Waals surface area contributed by atoms with Crippen molar-refractivity contribution in [2.24, 2.45) is 0 Å². The number of hydrogen-bond acceptors (Lipinski definition) is 4. The number of ether oxygens (including phenoxy) is 1. The maximum absolute atomic E-state index is 12.9. The van der Waals surface area contributed by atoms with Gasteiger partial charge in [0.15, 0.2) is 0 Å². The summed E-state index contributed by atoms with van der Waals surface area (Å²) in [6, 6.07) is 8.39. The van der Waals surface area contributed by atoms with Gasteiger partial charge in [-0.1, -0.05) is 24.3 Å². The minimum Gasteiger partial charge on any atom is -0.376 e. The van der Waals surface area contributed by atoms with Gasteiger partial charge in [-0.15, -0.1) is 6.58 Å². The molecule has 150 valence electrons. The highest BCUT2D eigenvalue weighted by Gasteiger charge is 2.24. The highest BCUT2D eigenvalue weighted by molar-refractivity contribution is 5.85. The fraction of sp³-hybridized carbons (Fsp3) is 0.478. The molecule has 5 nitrogen and oxygen atoms in total. The summed E-state index contributed by atoms with van der Waals surface area (Å²) >= 11 is 0. The summed E-state index contributed by atoms with van der Waals surface area (Å²) in [5.41, 5.74) is 3.23. The average Bonchev–Trinajstić information content (AvgIpc) is 3.18. The highest BCUT2D eigenvalue weighted by atomic mass is 16.5. The molecule has 2 aromatic rings. The number of amides is 1. The SMILES string of the molecule is C=CCCC(=O)N(Cc1cc2cccc(C)c2nc1N(C)C)CC1CCCO1. The molecular formula is C23H31N3O2. The lowest BCUT2D eigenvalue weighted by atomic mass is 10.1. The summed E-state index contributed by atoms with van der Waals surface area (Å²) in [4.78, 5) is 21.8. The van der Waals surface area contributed by atoms with E-state index in [-0.39, 0.29) is 12.0 Å². The Morgan fingerprint density at radius 1 is 1.39 bits per heavy atom. The summed E-state index contributed by atoms with van der Waals surface area (Å²) in [6.07, 6.45) is 5.18. The molecule has 5 heteroatoms. The van der Waals surface area contributed by atoms with Gasteiger partial charge in [-0.05, 0) is 37.8 Å². The van der Waals surface area contributed by atoms with Crippen molar-refractivity contribution < 1.29 is 9.53 Å². The van der Waals surface area contributed by atoms with Crippen LogP contribution in [-0.4, -0.2) is 49.1 Å². The van der Waals surface area contributed by atoms with Gasteiger partial charge in [0, 0.05) is 51.2 Å². The van der Waals surface area contributed by atoms with Gasteiger partial charge in [0.1, 0.15) is 5.82 Å². The van der Waals surface area contributed by atoms with Gasteiger partial charge in [0.2, 0.25) is 5.91 Å². The van der Waals surface area contributed by atoms with E-state index in [4.69, 9.17) is 9.72 Å². The number of benzene rings is 1. The lowest BCUT2D eigenvalue weighted by molar-refractivity contribution is -0.133. The Morgan fingerprint density at radius 3 is 2.89 bits per heavy atom. The molecule has 0 N–H and O–H groups in total. The van der Waals surface area contributed by atoms with Crippen LogP contribution in [0.2, 0.25) is 0 Å². The molecule has 1 unspecified atom stereocenters. The maximum Gasteiger partial charge on any atom is 0.223 e. The van der Waals surface area contributed by atoms with Crippen molar-refractivity contribution in [1.29, 1.82) is 0 Å². The monoisotopic (exact) mass is 381 g/mol. The second-order valence-electron chi connectivity index (χ2n) is 7.75. The van der Waals surface area contributed by atoms with Crippen molar-refractivity contribution in [3.05, 3.63) is 48.0 Å². The Morgan fingerprint density at radius 2 is 2.21 bits per heavy atom. The number of aromatic nitrogens is 1. The van der Waals surface area contributed by atoms with E-state index in [0.717, 1.165) is 47.3 Å². The van der Waals surface area contributed by atoms with Crippen LogP contribution in [0.4, 0.5) is 5.82 Å². The number of anilines is 1. The fourth-order valence-corrected chi connectivity index (χ4v) is 3.76. The lowest BCUT2D eigenvalue weighted by Crippen LogP contribution is -2.37. The molecule has 28 heavy (non-hydrogen) atoms. The van der Waals surface area contributed by atoms with Crippen LogP contribution in [-0.2, 0) is 16.1 Å². The van der Waals surface area contributed by atoms with E-state index in [1.165, 1.54) is 0 Å². The van der Waals surface area contributed by atoms with Gasteiger partial charge in [-0.25, -0.2) is 4.98 Å². The number of para-hydroxylation sites is 1. The number of pyridine rings is 1. The second-order valence-corrected chi connectivity index (χ2v) is 7.75. The Kier molecular flexibility index (Phi) is 6.68. The Balaban J connectivity index is 1.93. The average molecular weight is 382 g/mol. The number of nitrogens with zero attached hydrogens (tertiary/aromatic N) is 3. The first-order valence-electron chi connectivity index (χ1n) is 10.1. The van der Waals surface area contributed by atoms with Crippen molar-refractivity contribution in [3.8, 4) is 0 Å². The summed E-state index contributed by atoms with van der Waals surface area (Å²) in [7, 11) is 4.00. The van der Waals surface area contributed by atoms with Crippen LogP contribution in [0.25, 0.3) is 10.9 Å². The van der Waals surface area contributed by atoms with Crippen LogP contribution >= 0.6 is 0 Å². The summed E-state index contributed by atoms with van der Waals surface area (Å²) in [5.74, 6) is 1.06. The topological polar surface area (TPSA) is 45.7 Å². The van der Waals surface area contributed by atoms with Crippen LogP contribution < -0.4 is 4.90 Å². The molecule has 0 spiro atoms. The fourth-order valence-electron chi connectivity index (χ4n) is 3.76. The molecule has 3 rings (SSSR count). The lowest BCUT2D eigenvalue weighted by Gasteiger charge is -2.27. The van der Waals surface area contributed by atoms with Crippen LogP contribution in [0, 0.1) is 6.92 Å². The van der Waals surface area contributed by atoms with E-state index < -0.39 is 0 Å².